The first-order valence-electron chi connectivity index (χ1n) is 6.89. The molecule has 5 nitrogen and oxygen atoms in total. The molecule has 0 aliphatic carbocycles. The van der Waals surface area contributed by atoms with Crippen LogP contribution in [0, 0.1) is 0 Å². The Morgan fingerprint density at radius 1 is 1.32 bits per heavy atom. The number of carbonyl (C=O) groups excluding carboxylic acids is 1. The van der Waals surface area contributed by atoms with Gasteiger partial charge in [-0.05, 0) is 47.6 Å². The third-order valence-electron chi connectivity index (χ3n) is 2.73. The van der Waals surface area contributed by atoms with Crippen molar-refractivity contribution in [2.24, 2.45) is 5.73 Å². The van der Waals surface area contributed by atoms with Crippen LogP contribution in [0.2, 0.25) is 0 Å². The van der Waals surface area contributed by atoms with Gasteiger partial charge in [0.1, 0.15) is 5.60 Å². The molecule has 2 N–H and O–H groups in total. The summed E-state index contributed by atoms with van der Waals surface area (Å²) in [6, 6.07) is 0. The smallest absolute Gasteiger partial charge is 0.308 e. The van der Waals surface area contributed by atoms with Crippen LogP contribution < -0.4 is 5.73 Å². The first-order chi connectivity index (χ1) is 8.61. The van der Waals surface area contributed by atoms with Crippen molar-refractivity contribution in [3.05, 3.63) is 0 Å². The highest BCUT2D eigenvalue weighted by molar-refractivity contribution is 5.70. The largest absolute Gasteiger partial charge is 0.460 e. The molecule has 1 fully saturated rings. The highest BCUT2D eigenvalue weighted by atomic mass is 16.7. The number of esters is 1. The Morgan fingerprint density at radius 3 is 2.42 bits per heavy atom. The summed E-state index contributed by atoms with van der Waals surface area (Å²) in [5.74, 6) is -0.910. The first-order valence-corrected chi connectivity index (χ1v) is 6.89. The Kier molecular flexibility index (Phi) is 5.35. The molecule has 1 aliphatic heterocycles. The van der Waals surface area contributed by atoms with Gasteiger partial charge in [-0.25, -0.2) is 0 Å². The number of hydrogen-bond acceptors (Lipinski definition) is 5. The van der Waals surface area contributed by atoms with E-state index in [9.17, 15) is 4.79 Å². The molecule has 5 heteroatoms. The first kappa shape index (κ1) is 16.4. The van der Waals surface area contributed by atoms with E-state index in [0.29, 0.717) is 13.0 Å². The molecule has 0 bridgehead atoms. The maximum atomic E-state index is 11.8. The predicted molar refractivity (Wildman–Crippen MR) is 72.6 cm³/mol. The molecule has 1 saturated heterocycles. The monoisotopic (exact) mass is 274 g/mol. The Bertz CT molecular complexity index is 309. The van der Waals surface area contributed by atoms with E-state index in [1.54, 1.807) is 0 Å². The highest BCUT2D eigenvalue weighted by Gasteiger charge is 2.36. The van der Waals surface area contributed by atoms with Crippen LogP contribution in [0.4, 0.5) is 0 Å². The van der Waals surface area contributed by atoms with Crippen LogP contribution >= 0.6 is 0 Å². The second-order valence-electron chi connectivity index (χ2n) is 6.48. The van der Waals surface area contributed by atoms with Crippen molar-refractivity contribution in [3.63, 3.8) is 0 Å². The maximum absolute atomic E-state index is 11.8. The summed E-state index contributed by atoms with van der Waals surface area (Å²) in [4.78, 5) is 11.8. The summed E-state index contributed by atoms with van der Waals surface area (Å²) >= 11 is 0. The molecule has 0 saturated carbocycles. The lowest BCUT2D eigenvalue weighted by Crippen LogP contribution is -2.46. The average molecular weight is 274 g/mol. The Morgan fingerprint density at radius 2 is 1.89 bits per heavy atom. The fraction of sp³-hybridized carbons (Fsp3) is 0.929. The number of carbonyl (C=O) groups is 1. The highest BCUT2D eigenvalue weighted by Crippen LogP contribution is 2.30. The minimum atomic E-state index is -0.676. The van der Waals surface area contributed by atoms with Gasteiger partial charge in [0.25, 0.3) is 0 Å². The molecule has 0 aromatic carbocycles. The van der Waals surface area contributed by atoms with Gasteiger partial charge < -0.3 is 19.9 Å². The van der Waals surface area contributed by atoms with Gasteiger partial charge in [0.15, 0.2) is 5.79 Å². The summed E-state index contributed by atoms with van der Waals surface area (Å²) in [5.41, 5.74) is 5.10. The lowest BCUT2D eigenvalue weighted by molar-refractivity contribution is -0.300. The van der Waals surface area contributed by atoms with E-state index in [2.05, 4.69) is 0 Å². The van der Waals surface area contributed by atoms with Crippen molar-refractivity contribution in [1.82, 2.24) is 0 Å². The maximum Gasteiger partial charge on any atom is 0.308 e. The molecule has 0 unspecified atom stereocenters. The van der Waals surface area contributed by atoms with Crippen LogP contribution in [0.15, 0.2) is 0 Å². The standard InChI is InChI=1S/C14H27NO4/c1-13(2,3)19-12(16)9-11-8-10(6-7-15)17-14(4,5)18-11/h10-11H,6-9,15H2,1-5H3/t10-,11+/m0/s1/i15+1. The Balaban J connectivity index is 2.54. The van der Waals surface area contributed by atoms with E-state index in [1.807, 2.05) is 34.6 Å². The molecule has 0 aromatic heterocycles. The molecule has 0 amide bonds. The van der Waals surface area contributed by atoms with Crippen molar-refractivity contribution in [2.75, 3.05) is 6.54 Å². The zero-order valence-electron chi connectivity index (χ0n) is 12.7. The van der Waals surface area contributed by atoms with Crippen LogP contribution in [0.25, 0.3) is 0 Å². The van der Waals surface area contributed by atoms with E-state index in [4.69, 9.17) is 19.9 Å². The average Bonchev–Trinajstić information content (AvgIpc) is 2.10. The molecule has 19 heavy (non-hydrogen) atoms. The van der Waals surface area contributed by atoms with E-state index in [1.165, 1.54) is 0 Å². The molecule has 0 aromatic rings. The predicted octanol–water partition coefficient (Wildman–Crippen LogP) is 1.98. The fourth-order valence-corrected chi connectivity index (χ4v) is 2.28. The van der Waals surface area contributed by atoms with Crippen molar-refractivity contribution >= 4 is 5.97 Å². The quantitative estimate of drug-likeness (QED) is 0.627. The lowest BCUT2D eigenvalue weighted by atomic mass is 10.0. The molecule has 112 valence electrons. The molecular formula is C14H27NO4. The van der Waals surface area contributed by atoms with Gasteiger partial charge in [-0.2, -0.15) is 0 Å². The molecule has 1 rings (SSSR count). The molecule has 1 heterocycles. The van der Waals surface area contributed by atoms with Gasteiger partial charge in [0.05, 0.1) is 18.6 Å². The molecule has 0 spiro atoms. The van der Waals surface area contributed by atoms with Gasteiger partial charge in [-0.15, -0.1) is 0 Å². The Labute approximate surface area is 115 Å². The van der Waals surface area contributed by atoms with Crippen LogP contribution in [-0.2, 0) is 19.0 Å². The van der Waals surface area contributed by atoms with E-state index in [-0.39, 0.29) is 24.6 Å². The second-order valence-corrected chi connectivity index (χ2v) is 6.48. The zero-order chi connectivity index (χ0) is 14.7. The normalized spacial score (nSPS) is 27.1. The molecule has 0 radical (unpaired) electrons. The third kappa shape index (κ3) is 6.36. The summed E-state index contributed by atoms with van der Waals surface area (Å²) < 4.78 is 16.9. The van der Waals surface area contributed by atoms with E-state index in [0.717, 1.165) is 6.42 Å². The van der Waals surface area contributed by atoms with Gasteiger partial charge >= 0.3 is 5.97 Å². The SMILES string of the molecule is CC(C)(C)OC(=O)C[C@H]1C[C@H](CC[15NH2])OC(C)(C)O1. The fourth-order valence-electron chi connectivity index (χ4n) is 2.28. The minimum Gasteiger partial charge on any atom is -0.460 e. The van der Waals surface area contributed by atoms with Crippen molar-refractivity contribution in [2.45, 2.75) is 77.5 Å². The van der Waals surface area contributed by atoms with Gasteiger partial charge in [0, 0.05) is 6.42 Å². The summed E-state index contributed by atoms with van der Waals surface area (Å²) in [6.07, 6.45) is 1.58. The van der Waals surface area contributed by atoms with Gasteiger partial charge in [0.2, 0.25) is 0 Å². The van der Waals surface area contributed by atoms with Crippen molar-refractivity contribution < 1.29 is 19.0 Å². The van der Waals surface area contributed by atoms with E-state index < -0.39 is 11.4 Å². The Hall–Kier alpha value is -0.650. The van der Waals surface area contributed by atoms with Gasteiger partial charge in [-0.3, -0.25) is 4.79 Å². The summed E-state index contributed by atoms with van der Waals surface area (Å²) in [5, 5.41) is 0. The minimum absolute atomic E-state index is 0.0428. The lowest BCUT2D eigenvalue weighted by Gasteiger charge is -2.40. The third-order valence-corrected chi connectivity index (χ3v) is 2.73. The van der Waals surface area contributed by atoms with Crippen LogP contribution in [-0.4, -0.2) is 36.1 Å². The van der Waals surface area contributed by atoms with Crippen LogP contribution in [0.1, 0.15) is 53.9 Å². The molecule has 1 aliphatic rings. The number of ether oxygens (including phenoxy) is 3. The number of rotatable bonds is 4. The van der Waals surface area contributed by atoms with Gasteiger partial charge in [-0.1, -0.05) is 0 Å². The van der Waals surface area contributed by atoms with Crippen LogP contribution in [0.3, 0.4) is 0 Å². The number of nitrogens with two attached hydrogens (primary N) is 1. The molecule has 2 atom stereocenters. The van der Waals surface area contributed by atoms with Crippen molar-refractivity contribution in [1.29, 1.82) is 0 Å². The zero-order valence-corrected chi connectivity index (χ0v) is 12.7. The van der Waals surface area contributed by atoms with Crippen molar-refractivity contribution in [3.8, 4) is 0 Å². The summed E-state index contributed by atoms with van der Waals surface area (Å²) in [6.45, 7) is 9.86. The summed E-state index contributed by atoms with van der Waals surface area (Å²) in [7, 11) is 0. The van der Waals surface area contributed by atoms with Crippen LogP contribution in [0.5, 0.6) is 0 Å². The second kappa shape index (κ2) is 6.20. The van der Waals surface area contributed by atoms with E-state index >= 15 is 0 Å². The topological polar surface area (TPSA) is 70.8 Å². The molecular weight excluding hydrogens is 247 g/mol. The number of hydrogen-bond donors (Lipinski definition) is 1.